The van der Waals surface area contributed by atoms with E-state index in [4.69, 9.17) is 9.47 Å². The zero-order valence-corrected chi connectivity index (χ0v) is 22.9. The lowest BCUT2D eigenvalue weighted by molar-refractivity contribution is 0.0734. The molecule has 0 aliphatic carbocycles. The molecule has 0 fully saturated rings. The molecular formula is C33H40N2O4. The van der Waals surface area contributed by atoms with Gasteiger partial charge in [-0.15, -0.1) is 0 Å². The summed E-state index contributed by atoms with van der Waals surface area (Å²) in [4.78, 5) is 12.5. The van der Waals surface area contributed by atoms with Crippen LogP contribution in [0.3, 0.4) is 0 Å². The zero-order chi connectivity index (χ0) is 27.5. The average Bonchev–Trinajstić information content (AvgIpc) is 2.96. The predicted molar refractivity (Wildman–Crippen MR) is 158 cm³/mol. The maximum absolute atomic E-state index is 12.5. The molecule has 0 heterocycles. The molecule has 0 amide bonds. The summed E-state index contributed by atoms with van der Waals surface area (Å²) in [6, 6.07) is 20.9. The van der Waals surface area contributed by atoms with Gasteiger partial charge < -0.3 is 14.6 Å². The fraction of sp³-hybridized carbons (Fsp3) is 0.364. The van der Waals surface area contributed by atoms with Gasteiger partial charge in [-0.25, -0.2) is 4.79 Å². The molecule has 3 aromatic carbocycles. The third kappa shape index (κ3) is 11.6. The summed E-state index contributed by atoms with van der Waals surface area (Å²) in [5.41, 5.74) is 1.85. The van der Waals surface area contributed by atoms with E-state index in [0.717, 1.165) is 17.7 Å². The number of unbranched alkanes of at least 4 members (excludes halogenated alkanes) is 9. The molecule has 0 bridgehead atoms. The highest BCUT2D eigenvalue weighted by Crippen LogP contribution is 2.18. The Morgan fingerprint density at radius 2 is 1.31 bits per heavy atom. The van der Waals surface area contributed by atoms with Crippen molar-refractivity contribution < 1.29 is 19.4 Å². The van der Waals surface area contributed by atoms with Gasteiger partial charge in [0.15, 0.2) is 0 Å². The van der Waals surface area contributed by atoms with Crippen LogP contribution in [0.1, 0.15) is 92.6 Å². The molecular weight excluding hydrogens is 488 g/mol. The van der Waals surface area contributed by atoms with Crippen LogP contribution in [-0.2, 0) is 0 Å². The maximum atomic E-state index is 12.5. The molecule has 6 nitrogen and oxygen atoms in total. The topological polar surface area (TPSA) is 80.5 Å². The van der Waals surface area contributed by atoms with Gasteiger partial charge >= 0.3 is 5.97 Å². The van der Waals surface area contributed by atoms with Crippen LogP contribution in [0, 0.1) is 0 Å². The summed E-state index contributed by atoms with van der Waals surface area (Å²) in [5.74, 6) is 0.923. The molecule has 1 N–H and O–H groups in total. The van der Waals surface area contributed by atoms with Crippen LogP contribution in [0.2, 0.25) is 0 Å². The van der Waals surface area contributed by atoms with E-state index in [0.29, 0.717) is 23.5 Å². The minimum atomic E-state index is -0.426. The van der Waals surface area contributed by atoms with E-state index in [-0.39, 0.29) is 5.75 Å². The van der Waals surface area contributed by atoms with Crippen LogP contribution in [0.5, 0.6) is 17.2 Å². The van der Waals surface area contributed by atoms with Gasteiger partial charge in [0.25, 0.3) is 0 Å². The van der Waals surface area contributed by atoms with E-state index in [1.165, 1.54) is 64.0 Å². The van der Waals surface area contributed by atoms with Crippen molar-refractivity contribution in [2.24, 2.45) is 10.2 Å². The van der Waals surface area contributed by atoms with E-state index < -0.39 is 5.97 Å². The van der Waals surface area contributed by atoms with Gasteiger partial charge in [-0.1, -0.05) is 76.8 Å². The number of para-hydroxylation sites is 1. The molecule has 0 aliphatic heterocycles. The van der Waals surface area contributed by atoms with Gasteiger partial charge in [-0.05, 0) is 72.6 Å². The van der Waals surface area contributed by atoms with Gasteiger partial charge in [0, 0.05) is 5.56 Å². The van der Waals surface area contributed by atoms with Crippen LogP contribution in [-0.4, -0.2) is 30.1 Å². The van der Waals surface area contributed by atoms with Gasteiger partial charge in [0.1, 0.15) is 17.2 Å². The Balaban J connectivity index is 1.33. The summed E-state index contributed by atoms with van der Waals surface area (Å²) in [6.07, 6.45) is 16.0. The Labute approximate surface area is 232 Å². The zero-order valence-electron chi connectivity index (χ0n) is 22.9. The lowest BCUT2D eigenvalue weighted by Crippen LogP contribution is -2.08. The van der Waals surface area contributed by atoms with Crippen molar-refractivity contribution in [1.82, 2.24) is 0 Å². The Bertz CT molecular complexity index is 1170. The molecule has 0 radical (unpaired) electrons. The summed E-state index contributed by atoms with van der Waals surface area (Å²) < 4.78 is 11.3. The summed E-state index contributed by atoms with van der Waals surface area (Å²) >= 11 is 0. The van der Waals surface area contributed by atoms with Crippen LogP contribution >= 0.6 is 0 Å². The maximum Gasteiger partial charge on any atom is 0.343 e. The molecule has 3 rings (SSSR count). The SMILES string of the molecule is CCCCCCCCCCCCOc1ccc(C(=O)Oc2ccc(/C=N/N=C/c3ccccc3O)cc2)cc1. The van der Waals surface area contributed by atoms with Crippen molar-refractivity contribution in [1.29, 1.82) is 0 Å². The first-order valence-corrected chi connectivity index (χ1v) is 14.0. The molecule has 3 aromatic rings. The number of nitrogens with zero attached hydrogens (tertiary/aromatic N) is 2. The quantitative estimate of drug-likeness (QED) is 0.0627. The second-order valence-corrected chi connectivity index (χ2v) is 9.56. The van der Waals surface area contributed by atoms with Crippen molar-refractivity contribution >= 4 is 18.4 Å². The standard InChI is InChI=1S/C33H40N2O4/c1-2-3-4-5-6-7-8-9-10-13-24-38-30-22-18-28(19-23-30)33(37)39-31-20-16-27(17-21-31)25-34-35-26-29-14-11-12-15-32(29)36/h11-12,14-23,25-26,36H,2-10,13,24H2,1H3/b34-25+,35-26+. The van der Waals surface area contributed by atoms with Crippen molar-refractivity contribution in [2.45, 2.75) is 71.1 Å². The number of ether oxygens (including phenoxy) is 2. The number of carbonyl (C=O) groups is 1. The number of hydrogen-bond acceptors (Lipinski definition) is 6. The van der Waals surface area contributed by atoms with Gasteiger partial charge in [0.2, 0.25) is 0 Å². The number of carbonyl (C=O) groups excluding carboxylic acids is 1. The summed E-state index contributed by atoms with van der Waals surface area (Å²) in [6.45, 7) is 2.94. The lowest BCUT2D eigenvalue weighted by Gasteiger charge is -2.08. The second kappa shape index (κ2) is 17.6. The smallest absolute Gasteiger partial charge is 0.343 e. The van der Waals surface area contributed by atoms with E-state index >= 15 is 0 Å². The summed E-state index contributed by atoms with van der Waals surface area (Å²) in [5, 5.41) is 17.7. The minimum Gasteiger partial charge on any atom is -0.507 e. The highest BCUT2D eigenvalue weighted by molar-refractivity contribution is 5.91. The van der Waals surface area contributed by atoms with Crippen molar-refractivity contribution in [2.75, 3.05) is 6.61 Å². The molecule has 206 valence electrons. The first-order chi connectivity index (χ1) is 19.2. The first kappa shape index (κ1) is 29.6. The molecule has 0 spiro atoms. The highest BCUT2D eigenvalue weighted by Gasteiger charge is 2.09. The Morgan fingerprint density at radius 1 is 0.718 bits per heavy atom. The third-order valence-corrected chi connectivity index (χ3v) is 6.35. The second-order valence-electron chi connectivity index (χ2n) is 9.56. The van der Waals surface area contributed by atoms with Crippen molar-refractivity contribution in [3.05, 3.63) is 89.5 Å². The van der Waals surface area contributed by atoms with Crippen LogP contribution < -0.4 is 9.47 Å². The van der Waals surface area contributed by atoms with E-state index in [9.17, 15) is 9.90 Å². The fourth-order valence-electron chi connectivity index (χ4n) is 4.05. The minimum absolute atomic E-state index is 0.147. The fourth-order valence-corrected chi connectivity index (χ4v) is 4.05. The van der Waals surface area contributed by atoms with Crippen LogP contribution in [0.15, 0.2) is 83.0 Å². The Morgan fingerprint density at radius 3 is 1.97 bits per heavy atom. The molecule has 39 heavy (non-hydrogen) atoms. The number of aromatic hydroxyl groups is 1. The number of esters is 1. The molecule has 0 saturated heterocycles. The third-order valence-electron chi connectivity index (χ3n) is 6.35. The van der Waals surface area contributed by atoms with Crippen molar-refractivity contribution in [3.8, 4) is 17.2 Å². The number of hydrogen-bond donors (Lipinski definition) is 1. The lowest BCUT2D eigenvalue weighted by atomic mass is 10.1. The van der Waals surface area contributed by atoms with Gasteiger partial charge in [-0.2, -0.15) is 10.2 Å². The molecule has 0 aromatic heterocycles. The van der Waals surface area contributed by atoms with Crippen LogP contribution in [0.4, 0.5) is 0 Å². The Kier molecular flexibility index (Phi) is 13.3. The van der Waals surface area contributed by atoms with E-state index in [2.05, 4.69) is 17.1 Å². The highest BCUT2D eigenvalue weighted by atomic mass is 16.5. The Hall–Kier alpha value is -3.93. The summed E-state index contributed by atoms with van der Waals surface area (Å²) in [7, 11) is 0. The molecule has 0 saturated carbocycles. The number of benzene rings is 3. The van der Waals surface area contributed by atoms with E-state index in [1.54, 1.807) is 60.8 Å². The molecule has 0 atom stereocenters. The van der Waals surface area contributed by atoms with E-state index in [1.807, 2.05) is 18.2 Å². The molecule has 0 unspecified atom stereocenters. The average molecular weight is 529 g/mol. The van der Waals surface area contributed by atoms with Gasteiger partial charge in [0.05, 0.1) is 24.6 Å². The molecule has 0 aliphatic rings. The normalized spacial score (nSPS) is 11.3. The van der Waals surface area contributed by atoms with Crippen molar-refractivity contribution in [3.63, 3.8) is 0 Å². The number of rotatable bonds is 17. The van der Waals surface area contributed by atoms with Crippen LogP contribution in [0.25, 0.3) is 0 Å². The first-order valence-electron chi connectivity index (χ1n) is 14.0. The number of phenolic OH excluding ortho intramolecular Hbond substituents is 1. The number of phenols is 1. The monoisotopic (exact) mass is 528 g/mol. The van der Waals surface area contributed by atoms with Gasteiger partial charge in [-0.3, -0.25) is 0 Å². The molecule has 6 heteroatoms. The predicted octanol–water partition coefficient (Wildman–Crippen LogP) is 8.36. The largest absolute Gasteiger partial charge is 0.507 e.